The number of aliphatic hydroxyl groups is 1. The van der Waals surface area contributed by atoms with Gasteiger partial charge in [0.1, 0.15) is 29.7 Å². The summed E-state index contributed by atoms with van der Waals surface area (Å²) in [5.74, 6) is -2.88. The van der Waals surface area contributed by atoms with E-state index in [0.717, 1.165) is 11.0 Å². The van der Waals surface area contributed by atoms with E-state index in [-0.39, 0.29) is 44.8 Å². The molecule has 4 aliphatic heterocycles. The molecule has 2 aromatic rings. The van der Waals surface area contributed by atoms with Crippen LogP contribution in [0.3, 0.4) is 0 Å². The number of carbonyl (C=O) groups excluding carboxylic acids is 3. The Balaban J connectivity index is 1.41. The molecule has 5 heterocycles. The lowest BCUT2D eigenvalue weighted by Crippen LogP contribution is -2.56. The number of para-hydroxylation sites is 1. The molecule has 5 atom stereocenters. The summed E-state index contributed by atoms with van der Waals surface area (Å²) in [6, 6.07) is 6.53. The van der Waals surface area contributed by atoms with E-state index in [9.17, 15) is 19.5 Å². The van der Waals surface area contributed by atoms with E-state index in [1.165, 1.54) is 0 Å². The van der Waals surface area contributed by atoms with Crippen molar-refractivity contribution >= 4 is 28.8 Å². The van der Waals surface area contributed by atoms with Crippen molar-refractivity contribution in [3.05, 3.63) is 48.6 Å². The monoisotopic (exact) mass is 521 g/mol. The Labute approximate surface area is 219 Å². The van der Waals surface area contributed by atoms with Gasteiger partial charge in [0.05, 0.1) is 23.6 Å². The molecule has 0 radical (unpaired) electrons. The molecule has 0 saturated carbocycles. The van der Waals surface area contributed by atoms with Gasteiger partial charge in [-0.1, -0.05) is 41.7 Å². The van der Waals surface area contributed by atoms with Crippen molar-refractivity contribution < 1.29 is 29.0 Å². The quantitative estimate of drug-likeness (QED) is 0.339. The number of fused-ring (bicyclic) bond motifs is 3. The van der Waals surface area contributed by atoms with Crippen molar-refractivity contribution in [1.82, 2.24) is 24.8 Å². The van der Waals surface area contributed by atoms with E-state index in [2.05, 4.69) is 10.3 Å². The maximum atomic E-state index is 14.3. The van der Waals surface area contributed by atoms with Gasteiger partial charge in [-0.2, -0.15) is 0 Å². The fourth-order valence-electron chi connectivity index (χ4n) is 6.48. The summed E-state index contributed by atoms with van der Waals surface area (Å²) in [5, 5.41) is 17.8. The molecular formula is C27H31N5O6. The zero-order chi connectivity index (χ0) is 26.5. The molecule has 1 N–H and O–H groups in total. The van der Waals surface area contributed by atoms with Gasteiger partial charge in [0, 0.05) is 19.7 Å². The Kier molecular flexibility index (Phi) is 6.07. The van der Waals surface area contributed by atoms with Gasteiger partial charge in [-0.15, -0.1) is 5.10 Å². The lowest BCUT2D eigenvalue weighted by molar-refractivity contribution is -0.160. The molecule has 1 spiro atoms. The van der Waals surface area contributed by atoms with Gasteiger partial charge in [0.2, 0.25) is 5.91 Å². The van der Waals surface area contributed by atoms with Gasteiger partial charge in [-0.05, 0) is 38.3 Å². The zero-order valence-corrected chi connectivity index (χ0v) is 21.2. The van der Waals surface area contributed by atoms with Crippen molar-refractivity contribution in [3.63, 3.8) is 0 Å². The summed E-state index contributed by atoms with van der Waals surface area (Å²) >= 11 is 0. The van der Waals surface area contributed by atoms with E-state index < -0.39 is 35.0 Å². The fraction of sp³-hybridized carbons (Fsp3) is 0.519. The highest BCUT2D eigenvalue weighted by Crippen LogP contribution is 2.57. The van der Waals surface area contributed by atoms with Crippen LogP contribution in [0.5, 0.6) is 0 Å². The first kappa shape index (κ1) is 24.7. The second kappa shape index (κ2) is 9.32. The van der Waals surface area contributed by atoms with Gasteiger partial charge in [-0.3, -0.25) is 14.4 Å². The minimum atomic E-state index is -1.33. The molecule has 38 heavy (non-hydrogen) atoms. The fourth-order valence-corrected chi connectivity index (χ4v) is 6.48. The number of cyclic esters (lactones) is 1. The van der Waals surface area contributed by atoms with Crippen LogP contribution < -0.4 is 0 Å². The average molecular weight is 522 g/mol. The smallest absolute Gasteiger partial charge is 0.313 e. The molecule has 200 valence electrons. The normalized spacial score (nSPS) is 32.6. The Hall–Kier alpha value is -3.57. The van der Waals surface area contributed by atoms with Gasteiger partial charge in [0.25, 0.3) is 5.91 Å². The number of likely N-dealkylation sites (tertiary alicyclic amines) is 1. The third-order valence-corrected chi connectivity index (χ3v) is 8.14. The highest BCUT2D eigenvalue weighted by molar-refractivity contribution is 5.99. The summed E-state index contributed by atoms with van der Waals surface area (Å²) in [6.07, 6.45) is 8.94. The minimum absolute atomic E-state index is 0.0189. The third-order valence-electron chi connectivity index (χ3n) is 8.14. The molecule has 4 aliphatic rings. The number of hydrogen-bond donors (Lipinski definition) is 1. The zero-order valence-electron chi connectivity index (χ0n) is 21.2. The van der Waals surface area contributed by atoms with E-state index >= 15 is 0 Å². The second-order valence-electron chi connectivity index (χ2n) is 10.5. The summed E-state index contributed by atoms with van der Waals surface area (Å²) < 4.78 is 13.9. The van der Waals surface area contributed by atoms with E-state index in [4.69, 9.17) is 9.47 Å². The Morgan fingerprint density at radius 3 is 2.76 bits per heavy atom. The van der Waals surface area contributed by atoms with Crippen LogP contribution in [-0.4, -0.2) is 91.2 Å². The van der Waals surface area contributed by atoms with Gasteiger partial charge in [0.15, 0.2) is 0 Å². The molecule has 1 aromatic carbocycles. The molecule has 2 fully saturated rings. The number of aromatic nitrogens is 3. The summed E-state index contributed by atoms with van der Waals surface area (Å²) in [4.78, 5) is 44.8. The molecule has 1 aromatic heterocycles. The molecule has 1 unspecified atom stereocenters. The van der Waals surface area contributed by atoms with Crippen molar-refractivity contribution in [2.24, 2.45) is 11.8 Å². The number of aliphatic hydroxyl groups excluding tert-OH is 1. The molecule has 0 aliphatic carbocycles. The topological polar surface area (TPSA) is 127 Å². The van der Waals surface area contributed by atoms with Crippen molar-refractivity contribution in [2.45, 2.75) is 50.1 Å². The number of hydrogen-bond acceptors (Lipinski definition) is 8. The van der Waals surface area contributed by atoms with Gasteiger partial charge in [-0.25, -0.2) is 4.68 Å². The van der Waals surface area contributed by atoms with Crippen LogP contribution in [0.2, 0.25) is 0 Å². The Morgan fingerprint density at radius 2 is 1.92 bits per heavy atom. The van der Waals surface area contributed by atoms with Crippen LogP contribution in [0, 0.1) is 11.8 Å². The molecule has 11 nitrogen and oxygen atoms in total. The van der Waals surface area contributed by atoms with E-state index in [1.807, 2.05) is 42.5 Å². The average Bonchev–Trinajstić information content (AvgIpc) is 3.45. The summed E-state index contributed by atoms with van der Waals surface area (Å²) in [5.41, 5.74) is -0.925. The number of esters is 1. The van der Waals surface area contributed by atoms with Crippen molar-refractivity contribution in [3.8, 4) is 0 Å². The maximum Gasteiger partial charge on any atom is 0.313 e. The van der Waals surface area contributed by atoms with Crippen LogP contribution in [-0.2, 0) is 30.5 Å². The maximum absolute atomic E-state index is 14.3. The number of benzene rings is 1. The molecule has 0 bridgehead atoms. The standard InChI is InChI=1S/C27H31N5O6/c1-26-11-4-7-16-37-25(36)21(26)20-23(34)31(14-5-6-15-33)22-24(35)30(13-8-12-27(20,22)38-26)17-32-19-10-3-2-9-18(19)28-29-32/h2-4,8-12,20-22,33H,5-7,13-17H2,1H3/t20-,21+,22?,26-,27-/m0/s1. The Morgan fingerprint density at radius 1 is 1.08 bits per heavy atom. The summed E-state index contributed by atoms with van der Waals surface area (Å²) in [6.45, 7) is 2.68. The minimum Gasteiger partial charge on any atom is -0.465 e. The number of carbonyl (C=O) groups is 3. The number of nitrogens with zero attached hydrogens (tertiary/aromatic N) is 5. The second-order valence-corrected chi connectivity index (χ2v) is 10.5. The predicted octanol–water partition coefficient (Wildman–Crippen LogP) is 1.03. The number of amides is 2. The molecule has 2 amide bonds. The van der Waals surface area contributed by atoms with Crippen molar-refractivity contribution in [1.29, 1.82) is 0 Å². The van der Waals surface area contributed by atoms with E-state index in [0.29, 0.717) is 19.3 Å². The molecule has 6 rings (SSSR count). The first-order valence-electron chi connectivity index (χ1n) is 13.1. The molecule has 2 saturated heterocycles. The lowest BCUT2D eigenvalue weighted by Gasteiger charge is -2.37. The largest absolute Gasteiger partial charge is 0.465 e. The number of ether oxygens (including phenoxy) is 2. The number of unbranched alkanes of at least 4 members (excludes halogenated alkanes) is 1. The molecule has 11 heteroatoms. The Bertz CT molecular complexity index is 1340. The highest BCUT2D eigenvalue weighted by Gasteiger charge is 2.74. The molecular weight excluding hydrogens is 490 g/mol. The van der Waals surface area contributed by atoms with Crippen LogP contribution in [0.25, 0.3) is 11.0 Å². The van der Waals surface area contributed by atoms with Gasteiger partial charge >= 0.3 is 5.97 Å². The number of rotatable bonds is 6. The first-order valence-corrected chi connectivity index (χ1v) is 13.1. The van der Waals surface area contributed by atoms with Gasteiger partial charge < -0.3 is 24.4 Å². The third kappa shape index (κ3) is 3.67. The van der Waals surface area contributed by atoms with Crippen LogP contribution in [0.4, 0.5) is 0 Å². The van der Waals surface area contributed by atoms with Crippen LogP contribution >= 0.6 is 0 Å². The van der Waals surface area contributed by atoms with Crippen molar-refractivity contribution in [2.75, 3.05) is 26.3 Å². The summed E-state index contributed by atoms with van der Waals surface area (Å²) in [7, 11) is 0. The van der Waals surface area contributed by atoms with Crippen LogP contribution in [0.15, 0.2) is 48.6 Å². The first-order chi connectivity index (χ1) is 18.4. The SMILES string of the molecule is C[C@]12C=CCCOC(=O)[C@H]1[C@H]1C(=O)N(CCCCO)C3C(=O)N(Cn4nnc5ccccc54)CC=C[C@@]31O2. The lowest BCUT2D eigenvalue weighted by atomic mass is 9.74. The van der Waals surface area contributed by atoms with Crippen LogP contribution in [0.1, 0.15) is 26.2 Å². The van der Waals surface area contributed by atoms with E-state index in [1.54, 1.807) is 27.5 Å². The highest BCUT2D eigenvalue weighted by atomic mass is 16.6. The predicted molar refractivity (Wildman–Crippen MR) is 134 cm³/mol.